The number of rotatable bonds is 7. The smallest absolute Gasteiger partial charge is 0.328 e. The lowest BCUT2D eigenvalue weighted by atomic mass is 10.0. The zero-order chi connectivity index (χ0) is 15.7. The lowest BCUT2D eigenvalue weighted by Crippen LogP contribution is -2.51. The summed E-state index contributed by atoms with van der Waals surface area (Å²) in [5.41, 5.74) is 0. The van der Waals surface area contributed by atoms with Crippen molar-refractivity contribution in [1.29, 1.82) is 0 Å². The van der Waals surface area contributed by atoms with Crippen LogP contribution in [0.2, 0.25) is 0 Å². The molecule has 0 rings (SSSR count). The van der Waals surface area contributed by atoms with Gasteiger partial charge in [-0.2, -0.15) is 0 Å². The number of ether oxygens (including phenoxy) is 1. The van der Waals surface area contributed by atoms with E-state index in [-0.39, 0.29) is 12.3 Å². The van der Waals surface area contributed by atoms with Gasteiger partial charge in [-0.1, -0.05) is 13.8 Å². The van der Waals surface area contributed by atoms with Gasteiger partial charge in [0.25, 0.3) is 0 Å². The number of terminal acetylenes is 1. The molecule has 0 radical (unpaired) electrons. The quantitative estimate of drug-likeness (QED) is 0.462. The molecule has 0 aromatic rings. The second-order valence-corrected chi connectivity index (χ2v) is 4.62. The number of amides is 2. The normalized spacial score (nSPS) is 12.9. The molecule has 0 aromatic carbocycles. The van der Waals surface area contributed by atoms with Crippen LogP contribution in [0.3, 0.4) is 0 Å². The molecule has 0 saturated carbocycles. The number of carboxylic acid groups (broad SMARTS) is 1. The molecule has 2 amide bonds. The van der Waals surface area contributed by atoms with Crippen molar-refractivity contribution in [2.45, 2.75) is 38.8 Å². The van der Waals surface area contributed by atoms with E-state index in [9.17, 15) is 14.4 Å². The highest BCUT2D eigenvalue weighted by molar-refractivity contribution is 5.86. The zero-order valence-electron chi connectivity index (χ0n) is 11.8. The Morgan fingerprint density at radius 1 is 1.25 bits per heavy atom. The van der Waals surface area contributed by atoms with Gasteiger partial charge in [0.15, 0.2) is 0 Å². The first-order valence-electron chi connectivity index (χ1n) is 6.12. The van der Waals surface area contributed by atoms with Gasteiger partial charge in [0.2, 0.25) is 0 Å². The molecule has 0 aromatic heterocycles. The summed E-state index contributed by atoms with van der Waals surface area (Å²) >= 11 is 0. The fourth-order valence-electron chi connectivity index (χ4n) is 1.50. The Labute approximate surface area is 118 Å². The molecule has 7 nitrogen and oxygen atoms in total. The van der Waals surface area contributed by atoms with Gasteiger partial charge in [-0.25, -0.2) is 14.4 Å². The van der Waals surface area contributed by atoms with E-state index in [1.165, 1.54) is 7.11 Å². The fourth-order valence-corrected chi connectivity index (χ4v) is 1.50. The fraction of sp³-hybridized carbons (Fsp3) is 0.615. The Hall–Kier alpha value is -2.23. The highest BCUT2D eigenvalue weighted by Gasteiger charge is 2.25. The molecule has 0 fully saturated rings. The summed E-state index contributed by atoms with van der Waals surface area (Å²) in [5, 5.41) is 13.4. The van der Waals surface area contributed by atoms with Crippen LogP contribution < -0.4 is 10.6 Å². The van der Waals surface area contributed by atoms with Crippen molar-refractivity contribution in [1.82, 2.24) is 10.6 Å². The van der Waals surface area contributed by atoms with Crippen LogP contribution in [-0.2, 0) is 14.3 Å². The van der Waals surface area contributed by atoms with Crippen LogP contribution >= 0.6 is 0 Å². The van der Waals surface area contributed by atoms with Crippen molar-refractivity contribution >= 4 is 18.0 Å². The van der Waals surface area contributed by atoms with Crippen molar-refractivity contribution in [2.24, 2.45) is 5.92 Å². The average molecular weight is 284 g/mol. The molecule has 20 heavy (non-hydrogen) atoms. The number of carbonyl (C=O) groups is 3. The summed E-state index contributed by atoms with van der Waals surface area (Å²) in [4.78, 5) is 34.0. The van der Waals surface area contributed by atoms with Crippen LogP contribution in [0.25, 0.3) is 0 Å². The molecule has 2 unspecified atom stereocenters. The van der Waals surface area contributed by atoms with E-state index in [1.807, 2.05) is 13.8 Å². The van der Waals surface area contributed by atoms with E-state index in [0.29, 0.717) is 6.42 Å². The van der Waals surface area contributed by atoms with Gasteiger partial charge in [-0.05, 0) is 12.3 Å². The van der Waals surface area contributed by atoms with E-state index >= 15 is 0 Å². The van der Waals surface area contributed by atoms with Crippen LogP contribution in [0.15, 0.2) is 0 Å². The van der Waals surface area contributed by atoms with Crippen LogP contribution in [0.1, 0.15) is 26.7 Å². The molecule has 0 bridgehead atoms. The number of aliphatic carboxylic acids is 1. The largest absolute Gasteiger partial charge is 0.480 e. The van der Waals surface area contributed by atoms with Crippen molar-refractivity contribution in [3.8, 4) is 12.3 Å². The summed E-state index contributed by atoms with van der Waals surface area (Å²) in [5.74, 6) is 0.487. The molecule has 2 atom stereocenters. The minimum absolute atomic E-state index is 0.143. The van der Waals surface area contributed by atoms with E-state index in [4.69, 9.17) is 11.5 Å². The number of urea groups is 1. The number of hydrogen-bond donors (Lipinski definition) is 3. The van der Waals surface area contributed by atoms with Gasteiger partial charge in [-0.15, -0.1) is 12.3 Å². The number of methoxy groups -OCH3 is 1. The van der Waals surface area contributed by atoms with Crippen LogP contribution in [-0.4, -0.2) is 42.3 Å². The monoisotopic (exact) mass is 284 g/mol. The maximum absolute atomic E-state index is 11.7. The van der Waals surface area contributed by atoms with Gasteiger partial charge in [0.1, 0.15) is 12.1 Å². The first-order chi connectivity index (χ1) is 9.31. The van der Waals surface area contributed by atoms with Crippen molar-refractivity contribution in [3.63, 3.8) is 0 Å². The second kappa shape index (κ2) is 8.80. The number of carboxylic acids is 1. The Bertz CT molecular complexity index is 400. The molecular formula is C13H20N2O5. The summed E-state index contributed by atoms with van der Waals surface area (Å²) in [6, 6.07) is -2.80. The number of nitrogens with one attached hydrogen (secondary N) is 2. The predicted molar refractivity (Wildman–Crippen MR) is 71.8 cm³/mol. The Morgan fingerprint density at radius 3 is 2.20 bits per heavy atom. The summed E-state index contributed by atoms with van der Waals surface area (Å²) < 4.78 is 4.58. The lowest BCUT2D eigenvalue weighted by molar-refractivity contribution is -0.143. The maximum Gasteiger partial charge on any atom is 0.328 e. The van der Waals surface area contributed by atoms with E-state index < -0.39 is 30.1 Å². The Balaban J connectivity index is 4.63. The molecule has 0 aliphatic rings. The molecule has 3 N–H and O–H groups in total. The Kier molecular flexibility index (Phi) is 7.82. The molecular weight excluding hydrogens is 264 g/mol. The van der Waals surface area contributed by atoms with Crippen LogP contribution in [0.5, 0.6) is 0 Å². The highest BCUT2D eigenvalue weighted by atomic mass is 16.5. The average Bonchev–Trinajstić information content (AvgIpc) is 2.35. The first kappa shape index (κ1) is 17.8. The maximum atomic E-state index is 11.7. The standard InChI is InChI=1S/C13H20N2O5/c1-5-6-9(11(16)17)14-13(19)15-10(7-8(2)3)12(18)20-4/h1,8-10H,6-7H2,2-4H3,(H,16,17)(H2,14,15,19). The number of esters is 1. The van der Waals surface area contributed by atoms with E-state index in [0.717, 1.165) is 0 Å². The predicted octanol–water partition coefficient (Wildman–Crippen LogP) is 0.350. The molecule has 0 aliphatic carbocycles. The third-order valence-corrected chi connectivity index (χ3v) is 2.42. The van der Waals surface area contributed by atoms with Gasteiger partial charge in [0.05, 0.1) is 7.11 Å². The molecule has 0 saturated heterocycles. The molecule has 0 heterocycles. The SMILES string of the molecule is C#CCC(NC(=O)NC(CC(C)C)C(=O)OC)C(=O)O. The Morgan fingerprint density at radius 2 is 1.80 bits per heavy atom. The minimum atomic E-state index is -1.24. The zero-order valence-corrected chi connectivity index (χ0v) is 11.8. The number of hydrogen-bond acceptors (Lipinski definition) is 4. The second-order valence-electron chi connectivity index (χ2n) is 4.62. The third kappa shape index (κ3) is 6.64. The van der Waals surface area contributed by atoms with Gasteiger partial charge in [-0.3, -0.25) is 0 Å². The van der Waals surface area contributed by atoms with E-state index in [2.05, 4.69) is 21.3 Å². The first-order valence-corrected chi connectivity index (χ1v) is 6.12. The highest BCUT2D eigenvalue weighted by Crippen LogP contribution is 2.06. The molecule has 0 aliphatic heterocycles. The van der Waals surface area contributed by atoms with Gasteiger partial charge < -0.3 is 20.5 Å². The van der Waals surface area contributed by atoms with Crippen molar-refractivity contribution < 1.29 is 24.2 Å². The third-order valence-electron chi connectivity index (χ3n) is 2.42. The number of carbonyl (C=O) groups excluding carboxylic acids is 2. The molecule has 112 valence electrons. The van der Waals surface area contributed by atoms with Crippen molar-refractivity contribution in [2.75, 3.05) is 7.11 Å². The van der Waals surface area contributed by atoms with Crippen LogP contribution in [0, 0.1) is 18.3 Å². The minimum Gasteiger partial charge on any atom is -0.480 e. The summed E-state index contributed by atoms with van der Waals surface area (Å²) in [7, 11) is 1.22. The van der Waals surface area contributed by atoms with E-state index in [1.54, 1.807) is 0 Å². The summed E-state index contributed by atoms with van der Waals surface area (Å²) in [6.07, 6.45) is 5.26. The topological polar surface area (TPSA) is 105 Å². The lowest BCUT2D eigenvalue weighted by Gasteiger charge is -2.20. The molecule has 7 heteroatoms. The van der Waals surface area contributed by atoms with Crippen LogP contribution in [0.4, 0.5) is 4.79 Å². The van der Waals surface area contributed by atoms with Crippen molar-refractivity contribution in [3.05, 3.63) is 0 Å². The van der Waals surface area contributed by atoms with Gasteiger partial charge >= 0.3 is 18.0 Å². The summed E-state index contributed by atoms with van der Waals surface area (Å²) in [6.45, 7) is 3.77. The molecule has 0 spiro atoms. The van der Waals surface area contributed by atoms with Gasteiger partial charge in [0, 0.05) is 6.42 Å².